The predicted octanol–water partition coefficient (Wildman–Crippen LogP) is 6.23. The third-order valence-electron chi connectivity index (χ3n) is 13.4. The van der Waals surface area contributed by atoms with Gasteiger partial charge in [0.1, 0.15) is 5.78 Å². The van der Waals surface area contributed by atoms with Crippen LogP contribution < -0.4 is 5.73 Å². The molecule has 0 aliphatic rings. The van der Waals surface area contributed by atoms with Gasteiger partial charge in [0.05, 0.1) is 79.4 Å². The molecule has 468 valence electrons. The summed E-state index contributed by atoms with van der Waals surface area (Å²) >= 11 is 0. The first-order valence-electron chi connectivity index (χ1n) is 29.1. The summed E-state index contributed by atoms with van der Waals surface area (Å²) in [5.74, 6) is -2.66. The molecule has 0 aromatic rings. The molecule has 0 aromatic heterocycles. The highest BCUT2D eigenvalue weighted by molar-refractivity contribution is 5.86. The molecule has 0 aromatic carbocycles. The number of hydrogen-bond acceptors (Lipinski definition) is 16. The summed E-state index contributed by atoms with van der Waals surface area (Å²) in [5.41, 5.74) is 5.69. The fraction of sp³-hybridized carbons (Fsp3) is 0.545. The van der Waals surface area contributed by atoms with Gasteiger partial charge in [0.25, 0.3) is 0 Å². The summed E-state index contributed by atoms with van der Waals surface area (Å²) in [7, 11) is 0. The number of carboxylic acid groups (broad SMARTS) is 1. The van der Waals surface area contributed by atoms with Gasteiger partial charge in [-0.2, -0.15) is 0 Å². The van der Waals surface area contributed by atoms with Gasteiger partial charge in [-0.25, -0.2) is 4.79 Å². The van der Waals surface area contributed by atoms with Crippen LogP contribution in [0.5, 0.6) is 0 Å². The molecule has 0 amide bonds. The van der Waals surface area contributed by atoms with Crippen LogP contribution in [0.3, 0.4) is 0 Å². The Bertz CT molecular complexity index is 2150. The Hall–Kier alpha value is -5.06. The number of nitrogens with two attached hydrogens (primary N) is 1. The zero-order valence-corrected chi connectivity index (χ0v) is 49.3. The SMILES string of the molecule is C\C(=C/C=C/C=C/C=C/C=C/CC/C=C/[C@@H](C)[C@H](O)[C@H](C)[C@@H](O)/C=C/C=C/C=C/C=C/C=C/C[C@H](O)[C@@H](C)C(=O)C[C@H](O)C[C@H](O)C[C@@H](O)/C=C/C[C@H](O)C[C@H](O)C[C@H](O)C[C@@H](O)/C=C/C[C@@H](O)/C=C/C[C@H](O)C[C@H](O)CCCN)C(=O)O. The first-order chi connectivity index (χ1) is 39.5. The Kier molecular flexibility index (Phi) is 46.2. The van der Waals surface area contributed by atoms with E-state index in [9.17, 15) is 76.0 Å². The lowest BCUT2D eigenvalue weighted by Gasteiger charge is -2.25. The van der Waals surface area contributed by atoms with E-state index in [2.05, 4.69) is 0 Å². The van der Waals surface area contributed by atoms with E-state index in [-0.39, 0.29) is 87.9 Å². The van der Waals surface area contributed by atoms with Crippen molar-refractivity contribution in [3.8, 4) is 0 Å². The number of allylic oxidation sites excluding steroid dienone is 18. The summed E-state index contributed by atoms with van der Waals surface area (Å²) in [5, 5.41) is 144. The third-order valence-corrected chi connectivity index (χ3v) is 13.4. The van der Waals surface area contributed by atoms with Crippen LogP contribution in [0.4, 0.5) is 0 Å². The molecule has 16 atom stereocenters. The maximum Gasteiger partial charge on any atom is 0.331 e. The van der Waals surface area contributed by atoms with E-state index in [0.717, 1.165) is 12.8 Å². The largest absolute Gasteiger partial charge is 0.478 e. The monoisotopic (exact) mass is 1170 g/mol. The molecule has 16 N–H and O–H groups in total. The first kappa shape index (κ1) is 77.9. The van der Waals surface area contributed by atoms with Crippen LogP contribution in [0.1, 0.15) is 124 Å². The van der Waals surface area contributed by atoms with Crippen molar-refractivity contribution in [2.24, 2.45) is 23.5 Å². The second kappa shape index (κ2) is 49.2. The zero-order valence-electron chi connectivity index (χ0n) is 49.3. The van der Waals surface area contributed by atoms with Crippen molar-refractivity contribution in [3.05, 3.63) is 170 Å². The fourth-order valence-electron chi connectivity index (χ4n) is 8.18. The van der Waals surface area contributed by atoms with Gasteiger partial charge in [0.2, 0.25) is 0 Å². The van der Waals surface area contributed by atoms with Crippen LogP contribution in [0.15, 0.2) is 170 Å². The van der Waals surface area contributed by atoms with Gasteiger partial charge in [-0.1, -0.05) is 185 Å². The second-order valence-corrected chi connectivity index (χ2v) is 21.3. The molecule has 0 unspecified atom stereocenters. The molecule has 0 spiro atoms. The van der Waals surface area contributed by atoms with Crippen LogP contribution in [0, 0.1) is 17.8 Å². The molecule has 0 saturated heterocycles. The van der Waals surface area contributed by atoms with Gasteiger partial charge >= 0.3 is 5.97 Å². The predicted molar refractivity (Wildman–Crippen MR) is 329 cm³/mol. The summed E-state index contributed by atoms with van der Waals surface area (Å²) in [6.45, 7) is 7.27. The van der Waals surface area contributed by atoms with Crippen molar-refractivity contribution in [3.63, 3.8) is 0 Å². The van der Waals surface area contributed by atoms with Gasteiger partial charge < -0.3 is 77.2 Å². The van der Waals surface area contributed by atoms with Crippen LogP contribution in [0.25, 0.3) is 0 Å². The smallest absolute Gasteiger partial charge is 0.331 e. The molecular formula is C66H103NO16. The van der Waals surface area contributed by atoms with Crippen LogP contribution >= 0.6 is 0 Å². The van der Waals surface area contributed by atoms with E-state index in [0.29, 0.717) is 19.4 Å². The minimum atomic E-state index is -1.21. The normalized spacial score (nSPS) is 19.5. The molecule has 0 heterocycles. The Morgan fingerprint density at radius 3 is 1.43 bits per heavy atom. The van der Waals surface area contributed by atoms with Crippen molar-refractivity contribution in [2.75, 3.05) is 6.54 Å². The highest BCUT2D eigenvalue weighted by atomic mass is 16.4. The van der Waals surface area contributed by atoms with Gasteiger partial charge in [-0.15, -0.1) is 0 Å². The van der Waals surface area contributed by atoms with E-state index >= 15 is 0 Å². The van der Waals surface area contributed by atoms with Crippen molar-refractivity contribution in [1.82, 2.24) is 0 Å². The minimum absolute atomic E-state index is 0.0526. The van der Waals surface area contributed by atoms with E-state index in [1.807, 2.05) is 55.5 Å². The Morgan fingerprint density at radius 1 is 0.434 bits per heavy atom. The molecule has 0 aliphatic heterocycles. The van der Waals surface area contributed by atoms with Gasteiger partial charge in [0, 0.05) is 42.6 Å². The molecule has 0 rings (SSSR count). The van der Waals surface area contributed by atoms with Crippen molar-refractivity contribution in [2.45, 2.75) is 203 Å². The Morgan fingerprint density at radius 2 is 0.880 bits per heavy atom. The van der Waals surface area contributed by atoms with Crippen LogP contribution in [0.2, 0.25) is 0 Å². The molecule has 0 aliphatic carbocycles. The maximum absolute atomic E-state index is 12.8. The number of aliphatic hydroxyl groups excluding tert-OH is 13. The lowest BCUT2D eigenvalue weighted by Crippen LogP contribution is -2.32. The van der Waals surface area contributed by atoms with E-state index in [1.165, 1.54) is 37.3 Å². The topological polar surface area (TPSA) is 343 Å². The van der Waals surface area contributed by atoms with Crippen LogP contribution in [-0.4, -0.2) is 169 Å². The van der Waals surface area contributed by atoms with Gasteiger partial charge in [0.15, 0.2) is 0 Å². The maximum atomic E-state index is 12.8. The third kappa shape index (κ3) is 44.1. The average Bonchev–Trinajstić information content (AvgIpc) is 3.42. The molecule has 0 fully saturated rings. The lowest BCUT2D eigenvalue weighted by atomic mass is 9.88. The number of aliphatic hydroxyl groups is 13. The lowest BCUT2D eigenvalue weighted by molar-refractivity contribution is -0.132. The number of aliphatic carboxylic acids is 1. The average molecular weight is 1170 g/mol. The highest BCUT2D eigenvalue weighted by Gasteiger charge is 2.26. The number of ketones is 1. The summed E-state index contributed by atoms with van der Waals surface area (Å²) in [6, 6.07) is 0. The molecule has 17 nitrogen and oxygen atoms in total. The molecule has 83 heavy (non-hydrogen) atoms. The van der Waals surface area contributed by atoms with Crippen molar-refractivity contribution in [1.29, 1.82) is 0 Å². The summed E-state index contributed by atoms with van der Waals surface area (Å²) in [6.07, 6.45) is 36.9. The number of hydrogen-bond donors (Lipinski definition) is 15. The standard InChI is InChI=1S/C66H103NO16/c1-48(29-21-17-13-9-6-5-7-10-14-18-22-30-49(2)66(82)83)65(81)51(4)63(79)39-24-20-16-12-8-11-15-19-23-38-62(78)50(3)64(80)47-61(77)46-60(76)44-56(72)36-27-35-55(71)43-59(75)45-58(74)42-54(70)34-26-32-52(68)31-25-33-53(69)41-57(73)37-28-40-67/h5-12,14-16,18-27,29-31,34,36,39,48,50-63,65,68-79,81H,13,17,28,32-33,35,37-38,40-47,67H2,1-4H3,(H,82,83)/b7-5+,9-6+,12-8+,14-10+,15-11+,20-16+,22-18+,23-19+,29-21+,31-25+,34-26+,36-27+,39-24+,49-30+/t48-,50-,51-,52+,53+,54+,55+,56+,57-,58-,59+,60-,61-,62+,63+,65+/m1/s1. The number of carbonyl (C=O) groups excluding carboxylic acids is 1. The fourth-order valence-corrected chi connectivity index (χ4v) is 8.18. The minimum Gasteiger partial charge on any atom is -0.478 e. The van der Waals surface area contributed by atoms with Crippen LogP contribution in [-0.2, 0) is 9.59 Å². The van der Waals surface area contributed by atoms with Gasteiger partial charge in [-0.3, -0.25) is 4.79 Å². The molecule has 0 radical (unpaired) electrons. The molecule has 0 bridgehead atoms. The molecule has 0 saturated carbocycles. The Labute approximate surface area is 494 Å². The van der Waals surface area contributed by atoms with E-state index in [1.54, 1.807) is 98.9 Å². The second-order valence-electron chi connectivity index (χ2n) is 21.3. The van der Waals surface area contributed by atoms with E-state index < -0.39 is 97.2 Å². The number of Topliss-reactive ketones (excluding diaryl/α,β-unsaturated/α-hetero) is 1. The van der Waals surface area contributed by atoms with E-state index in [4.69, 9.17) is 10.8 Å². The highest BCUT2D eigenvalue weighted by Crippen LogP contribution is 2.20. The summed E-state index contributed by atoms with van der Waals surface area (Å²) < 4.78 is 0. The number of rotatable bonds is 47. The number of carbonyl (C=O) groups is 2. The van der Waals surface area contributed by atoms with Gasteiger partial charge in [-0.05, 0) is 90.5 Å². The zero-order chi connectivity index (χ0) is 62.4. The molecular weight excluding hydrogens is 1060 g/mol. The summed E-state index contributed by atoms with van der Waals surface area (Å²) in [4.78, 5) is 23.6. The number of carboxylic acids is 1. The quantitative estimate of drug-likeness (QED) is 0.0139. The molecule has 17 heteroatoms. The van der Waals surface area contributed by atoms with Crippen molar-refractivity contribution >= 4 is 11.8 Å². The first-order valence-corrected chi connectivity index (χ1v) is 29.1. The Balaban J connectivity index is 4.51. The van der Waals surface area contributed by atoms with Crippen molar-refractivity contribution < 1.29 is 81.1 Å². The number of unbranched alkanes of at least 4 members (excludes halogenated alkanes) is 1.